The van der Waals surface area contributed by atoms with E-state index in [9.17, 15) is 4.79 Å². The molecule has 0 bridgehead atoms. The molecule has 0 spiro atoms. The zero-order valence-corrected chi connectivity index (χ0v) is 17.5. The summed E-state index contributed by atoms with van der Waals surface area (Å²) in [4.78, 5) is 17.2. The minimum Gasteiger partial charge on any atom is -0.487 e. The van der Waals surface area contributed by atoms with E-state index in [4.69, 9.17) is 33.7 Å². The van der Waals surface area contributed by atoms with Crippen molar-refractivity contribution in [2.24, 2.45) is 0 Å². The molecule has 2 heterocycles. The van der Waals surface area contributed by atoms with Gasteiger partial charge < -0.3 is 20.2 Å². The van der Waals surface area contributed by atoms with E-state index < -0.39 is 0 Å². The summed E-state index contributed by atoms with van der Waals surface area (Å²) < 4.78 is 7.80. The van der Waals surface area contributed by atoms with Gasteiger partial charge in [-0.2, -0.15) is 0 Å². The summed E-state index contributed by atoms with van der Waals surface area (Å²) in [6, 6.07) is 14.0. The number of nitrogen functional groups attached to an aromatic ring is 1. The number of pyridine rings is 1. The second-order valence-electron chi connectivity index (χ2n) is 6.78. The van der Waals surface area contributed by atoms with Gasteiger partial charge >= 0.3 is 0 Å². The number of benzene rings is 2. The van der Waals surface area contributed by atoms with Gasteiger partial charge in [0.15, 0.2) is 0 Å². The van der Waals surface area contributed by atoms with Gasteiger partial charge in [0.25, 0.3) is 5.91 Å². The largest absolute Gasteiger partial charge is 0.487 e. The average molecular weight is 441 g/mol. The fourth-order valence-corrected chi connectivity index (χ4v) is 3.51. The van der Waals surface area contributed by atoms with Crippen LogP contribution in [0.1, 0.15) is 21.6 Å². The van der Waals surface area contributed by atoms with E-state index in [-0.39, 0.29) is 28.2 Å². The van der Waals surface area contributed by atoms with Crippen LogP contribution in [0.15, 0.2) is 60.9 Å². The molecule has 0 unspecified atom stereocenters. The highest BCUT2D eigenvalue weighted by molar-refractivity contribution is 6.39. The third-order valence-electron chi connectivity index (χ3n) is 4.55. The van der Waals surface area contributed by atoms with Crippen LogP contribution in [-0.2, 0) is 6.61 Å². The molecule has 0 aliphatic heterocycles. The maximum Gasteiger partial charge on any atom is 0.255 e. The smallest absolute Gasteiger partial charge is 0.255 e. The molecule has 0 aliphatic rings. The van der Waals surface area contributed by atoms with Gasteiger partial charge in [-0.25, -0.2) is 4.98 Å². The minimum atomic E-state index is -0.319. The van der Waals surface area contributed by atoms with Crippen molar-refractivity contribution >= 4 is 46.1 Å². The van der Waals surface area contributed by atoms with E-state index in [0.29, 0.717) is 17.0 Å². The van der Waals surface area contributed by atoms with Crippen LogP contribution in [-0.4, -0.2) is 15.3 Å². The van der Waals surface area contributed by atoms with Crippen molar-refractivity contribution < 1.29 is 9.53 Å². The molecule has 30 heavy (non-hydrogen) atoms. The molecule has 2 aromatic carbocycles. The van der Waals surface area contributed by atoms with E-state index in [1.54, 1.807) is 36.4 Å². The summed E-state index contributed by atoms with van der Waals surface area (Å²) in [5.41, 5.74) is 9.66. The lowest BCUT2D eigenvalue weighted by molar-refractivity contribution is 0.102. The van der Waals surface area contributed by atoms with Crippen LogP contribution in [0.4, 0.5) is 11.4 Å². The number of ether oxygens (including phenoxy) is 1. The van der Waals surface area contributed by atoms with E-state index in [1.165, 1.54) is 0 Å². The Balaban J connectivity index is 1.46. The number of halogens is 2. The fourth-order valence-electron chi connectivity index (χ4n) is 3.02. The van der Waals surface area contributed by atoms with Crippen molar-refractivity contribution in [1.29, 1.82) is 0 Å². The van der Waals surface area contributed by atoms with Gasteiger partial charge in [0, 0.05) is 23.6 Å². The van der Waals surface area contributed by atoms with Crippen molar-refractivity contribution in [2.75, 3.05) is 11.1 Å². The van der Waals surface area contributed by atoms with Gasteiger partial charge in [-0.15, -0.1) is 0 Å². The van der Waals surface area contributed by atoms with E-state index in [0.717, 1.165) is 16.9 Å². The molecule has 152 valence electrons. The van der Waals surface area contributed by atoms with Crippen molar-refractivity contribution in [3.63, 3.8) is 0 Å². The first kappa shape index (κ1) is 20.1. The summed E-state index contributed by atoms with van der Waals surface area (Å²) in [5, 5.41) is 3.31. The first-order valence-electron chi connectivity index (χ1n) is 9.12. The molecule has 0 saturated heterocycles. The molecule has 4 aromatic rings. The highest BCUT2D eigenvalue weighted by atomic mass is 35.5. The Morgan fingerprint density at radius 1 is 1.17 bits per heavy atom. The zero-order valence-electron chi connectivity index (χ0n) is 16.0. The molecule has 0 radical (unpaired) electrons. The van der Waals surface area contributed by atoms with Gasteiger partial charge in [0.05, 0.1) is 21.4 Å². The molecule has 4 rings (SSSR count). The highest BCUT2D eigenvalue weighted by Gasteiger charge is 2.11. The first-order chi connectivity index (χ1) is 14.4. The van der Waals surface area contributed by atoms with Crippen LogP contribution in [0.25, 0.3) is 5.65 Å². The van der Waals surface area contributed by atoms with Crippen LogP contribution in [0.3, 0.4) is 0 Å². The molecular formula is C22H18Cl2N4O2. The quantitative estimate of drug-likeness (QED) is 0.409. The number of nitrogens with zero attached hydrogens (tertiary/aromatic N) is 2. The monoisotopic (exact) mass is 440 g/mol. The summed E-state index contributed by atoms with van der Waals surface area (Å²) in [6.45, 7) is 2.30. The number of rotatable bonds is 5. The predicted octanol–water partition coefficient (Wildman–Crippen LogP) is 5.36. The number of amides is 1. The lowest BCUT2D eigenvalue weighted by atomic mass is 10.2. The predicted molar refractivity (Wildman–Crippen MR) is 120 cm³/mol. The van der Waals surface area contributed by atoms with Gasteiger partial charge in [-0.05, 0) is 48.9 Å². The Kier molecular flexibility index (Phi) is 5.53. The second kappa shape index (κ2) is 8.26. The molecule has 6 nitrogen and oxygen atoms in total. The topological polar surface area (TPSA) is 81.7 Å². The molecule has 1 amide bonds. The summed E-state index contributed by atoms with van der Waals surface area (Å²) in [6.07, 6.45) is 3.87. The Morgan fingerprint density at radius 2 is 1.93 bits per heavy atom. The van der Waals surface area contributed by atoms with E-state index in [1.807, 2.05) is 35.9 Å². The Labute approximate surface area is 183 Å². The van der Waals surface area contributed by atoms with Crippen LogP contribution in [0.5, 0.6) is 5.75 Å². The Bertz CT molecular complexity index is 1230. The minimum absolute atomic E-state index is 0.272. The SMILES string of the molecule is Cc1cccn2cc(COc3cccc(C(=O)Nc4cc(Cl)c(N)c(Cl)c4)c3)nc12. The highest BCUT2D eigenvalue weighted by Crippen LogP contribution is 2.31. The molecule has 3 N–H and O–H groups in total. The molecular weight excluding hydrogens is 423 g/mol. The third-order valence-corrected chi connectivity index (χ3v) is 5.17. The van der Waals surface area contributed by atoms with Crippen molar-refractivity contribution in [3.05, 3.63) is 87.8 Å². The molecule has 0 aliphatic carbocycles. The number of hydrogen-bond donors (Lipinski definition) is 2. The first-order valence-corrected chi connectivity index (χ1v) is 9.88. The number of imidazole rings is 1. The number of hydrogen-bond acceptors (Lipinski definition) is 4. The van der Waals surface area contributed by atoms with Gasteiger partial charge in [0.1, 0.15) is 18.0 Å². The lowest BCUT2D eigenvalue weighted by Gasteiger charge is -2.10. The van der Waals surface area contributed by atoms with Crippen molar-refractivity contribution in [3.8, 4) is 5.75 Å². The molecule has 0 atom stereocenters. The third kappa shape index (κ3) is 4.20. The average Bonchev–Trinajstić information content (AvgIpc) is 3.15. The number of aromatic nitrogens is 2. The van der Waals surface area contributed by atoms with Crippen LogP contribution in [0.2, 0.25) is 10.0 Å². The standard InChI is InChI=1S/C22H18Cl2N4O2/c1-13-4-3-7-28-11-16(26-21(13)28)12-30-17-6-2-5-14(8-17)22(29)27-15-9-18(23)20(25)19(24)10-15/h2-11H,12,25H2,1H3,(H,27,29). The number of anilines is 2. The van der Waals surface area contributed by atoms with Gasteiger partial charge in [-0.1, -0.05) is 35.3 Å². The van der Waals surface area contributed by atoms with Crippen molar-refractivity contribution in [2.45, 2.75) is 13.5 Å². The molecule has 0 saturated carbocycles. The number of carbonyl (C=O) groups is 1. The fraction of sp³-hybridized carbons (Fsp3) is 0.0909. The zero-order chi connectivity index (χ0) is 21.3. The number of carbonyl (C=O) groups excluding carboxylic acids is 1. The summed E-state index contributed by atoms with van der Waals surface area (Å²) >= 11 is 12.0. The number of nitrogens with two attached hydrogens (primary N) is 1. The van der Waals surface area contributed by atoms with E-state index in [2.05, 4.69) is 10.3 Å². The molecule has 0 fully saturated rings. The van der Waals surface area contributed by atoms with Gasteiger partial charge in [0.2, 0.25) is 0 Å². The maximum absolute atomic E-state index is 12.6. The lowest BCUT2D eigenvalue weighted by Crippen LogP contribution is -2.12. The maximum atomic E-state index is 12.6. The number of aryl methyl sites for hydroxylation is 1. The van der Waals surface area contributed by atoms with Crippen LogP contribution < -0.4 is 15.8 Å². The Morgan fingerprint density at radius 3 is 2.67 bits per heavy atom. The van der Waals surface area contributed by atoms with Gasteiger partial charge in [-0.3, -0.25) is 4.79 Å². The van der Waals surface area contributed by atoms with Crippen LogP contribution in [0, 0.1) is 6.92 Å². The normalized spacial score (nSPS) is 10.9. The van der Waals surface area contributed by atoms with Crippen molar-refractivity contribution in [1.82, 2.24) is 9.38 Å². The van der Waals surface area contributed by atoms with Crippen LogP contribution >= 0.6 is 23.2 Å². The molecule has 8 heteroatoms. The number of nitrogens with one attached hydrogen (secondary N) is 1. The molecule has 2 aromatic heterocycles. The van der Waals surface area contributed by atoms with E-state index >= 15 is 0 Å². The second-order valence-corrected chi connectivity index (χ2v) is 7.59. The summed E-state index contributed by atoms with van der Waals surface area (Å²) in [7, 11) is 0. The summed E-state index contributed by atoms with van der Waals surface area (Å²) in [5.74, 6) is 0.241. The number of fused-ring (bicyclic) bond motifs is 1. The Hall–Kier alpha value is -3.22.